The molecule has 6 nitrogen and oxygen atoms in total. The van der Waals surface area contributed by atoms with Crippen LogP contribution in [0.25, 0.3) is 0 Å². The number of carbonyl (C=O) groups excluding carboxylic acids is 1. The van der Waals surface area contributed by atoms with Crippen LogP contribution in [0.4, 0.5) is 0 Å². The number of unbranched alkanes of at least 4 members (excludes halogenated alkanes) is 26. The molecule has 0 bridgehead atoms. The maximum atomic E-state index is 10.8. The molecule has 0 amide bonds. The summed E-state index contributed by atoms with van der Waals surface area (Å²) in [5, 5.41) is 18.5. The number of hydrogen-bond acceptors (Lipinski definition) is 4. The summed E-state index contributed by atoms with van der Waals surface area (Å²) in [5.41, 5.74) is 0. The minimum absolute atomic E-state index is 0.195. The van der Waals surface area contributed by atoms with Crippen LogP contribution in [-0.4, -0.2) is 72.2 Å². The molecule has 0 spiro atoms. The van der Waals surface area contributed by atoms with Gasteiger partial charge >= 0.3 is 5.97 Å². The van der Waals surface area contributed by atoms with Crippen LogP contribution < -0.4 is 5.11 Å². The summed E-state index contributed by atoms with van der Waals surface area (Å²) in [6, 6.07) is 0. The second kappa shape index (κ2) is 46.0. The monoisotopic (exact) mass is 741 g/mol. The summed E-state index contributed by atoms with van der Waals surface area (Å²) < 4.78 is 0.937. The summed E-state index contributed by atoms with van der Waals surface area (Å²) >= 11 is 0. The molecule has 0 aliphatic carbocycles. The molecule has 0 aromatic carbocycles. The van der Waals surface area contributed by atoms with E-state index in [0.717, 1.165) is 30.7 Å². The van der Waals surface area contributed by atoms with Crippen molar-refractivity contribution in [3.05, 3.63) is 0 Å². The lowest BCUT2D eigenvalue weighted by atomic mass is 10.0. The van der Waals surface area contributed by atoms with E-state index in [1.54, 1.807) is 6.92 Å². The van der Waals surface area contributed by atoms with Gasteiger partial charge in [-0.25, -0.2) is 0 Å². The van der Waals surface area contributed by atoms with Crippen molar-refractivity contribution in [2.45, 2.75) is 241 Å². The number of rotatable bonds is 38. The van der Waals surface area contributed by atoms with Gasteiger partial charge in [0, 0.05) is 18.8 Å². The molecule has 0 atom stereocenters. The fourth-order valence-corrected chi connectivity index (χ4v) is 7.01. The Hall–Kier alpha value is -1.14. The Kier molecular flexibility index (Phi) is 48.8. The van der Waals surface area contributed by atoms with Gasteiger partial charge < -0.3 is 24.4 Å². The van der Waals surface area contributed by atoms with Crippen LogP contribution in [0.2, 0.25) is 0 Å². The molecule has 0 unspecified atom stereocenters. The first kappa shape index (κ1) is 55.2. The lowest BCUT2D eigenvalue weighted by Crippen LogP contribution is -2.50. The molecule has 1 N–H and O–H groups in total. The van der Waals surface area contributed by atoms with E-state index in [0.29, 0.717) is 0 Å². The minimum Gasteiger partial charge on any atom is -0.550 e. The van der Waals surface area contributed by atoms with Gasteiger partial charge in [0.15, 0.2) is 0 Å². The third kappa shape index (κ3) is 45.0. The lowest BCUT2D eigenvalue weighted by Gasteiger charge is -2.37. The standard InChI is InChI=1S/C23H47NO2.C20H43N.C3H6O2/c1-4-7-8-9-10-11-12-13-14-15-16-17-18-19-21-24(5-2,6-3)22-20-23(25)26;1-4-7-8-9-10-11-12-13-14-15-16-17-18-19-20-21(5-2)6-3;1-2-3(4)5/h4-22H2,1-3H3;4-20H2,1-3H3;2H2,1H3,(H,4,5). The number of carboxylic acid groups (broad SMARTS) is 2. The highest BCUT2D eigenvalue weighted by atomic mass is 16.4. The molecule has 314 valence electrons. The van der Waals surface area contributed by atoms with Crippen molar-refractivity contribution in [2.24, 2.45) is 0 Å². The Morgan fingerprint density at radius 1 is 0.462 bits per heavy atom. The van der Waals surface area contributed by atoms with Crippen molar-refractivity contribution in [1.82, 2.24) is 4.90 Å². The Morgan fingerprint density at radius 2 is 0.750 bits per heavy atom. The van der Waals surface area contributed by atoms with Crippen LogP contribution in [-0.2, 0) is 9.59 Å². The first-order valence-electron chi connectivity index (χ1n) is 23.2. The van der Waals surface area contributed by atoms with Gasteiger partial charge in [0.05, 0.1) is 26.2 Å². The van der Waals surface area contributed by atoms with E-state index < -0.39 is 11.9 Å². The van der Waals surface area contributed by atoms with Crippen LogP contribution in [0.15, 0.2) is 0 Å². The van der Waals surface area contributed by atoms with Gasteiger partial charge in [0.25, 0.3) is 0 Å². The maximum absolute atomic E-state index is 10.8. The van der Waals surface area contributed by atoms with Crippen molar-refractivity contribution in [3.8, 4) is 0 Å². The van der Waals surface area contributed by atoms with Gasteiger partial charge in [0.2, 0.25) is 0 Å². The lowest BCUT2D eigenvalue weighted by molar-refractivity contribution is -0.924. The predicted molar refractivity (Wildman–Crippen MR) is 227 cm³/mol. The zero-order valence-electron chi connectivity index (χ0n) is 36.7. The van der Waals surface area contributed by atoms with Gasteiger partial charge in [-0.3, -0.25) is 4.79 Å². The van der Waals surface area contributed by atoms with Crippen LogP contribution in [0.5, 0.6) is 0 Å². The summed E-state index contributed by atoms with van der Waals surface area (Å²) in [7, 11) is 0. The molecule has 0 radical (unpaired) electrons. The van der Waals surface area contributed by atoms with E-state index >= 15 is 0 Å². The number of quaternary nitrogens is 1. The fourth-order valence-electron chi connectivity index (χ4n) is 7.01. The van der Waals surface area contributed by atoms with E-state index in [1.165, 1.54) is 199 Å². The van der Waals surface area contributed by atoms with Crippen LogP contribution >= 0.6 is 0 Å². The van der Waals surface area contributed by atoms with Crippen LogP contribution in [0.3, 0.4) is 0 Å². The molecule has 0 fully saturated rings. The Bertz CT molecular complexity index is 694. The molecule has 0 aromatic heterocycles. The Labute approximate surface area is 327 Å². The minimum atomic E-state index is -0.907. The maximum Gasteiger partial charge on any atom is 0.303 e. The van der Waals surface area contributed by atoms with Gasteiger partial charge in [-0.1, -0.05) is 195 Å². The second-order valence-corrected chi connectivity index (χ2v) is 15.5. The zero-order chi connectivity index (χ0) is 39.4. The number of carbonyl (C=O) groups is 2. The van der Waals surface area contributed by atoms with E-state index in [4.69, 9.17) is 5.11 Å². The first-order chi connectivity index (χ1) is 25.2. The highest BCUT2D eigenvalue weighted by Gasteiger charge is 2.22. The molecule has 6 heteroatoms. The largest absolute Gasteiger partial charge is 0.550 e. The highest BCUT2D eigenvalue weighted by molar-refractivity contribution is 5.66. The zero-order valence-corrected chi connectivity index (χ0v) is 36.7. The van der Waals surface area contributed by atoms with E-state index in [1.807, 2.05) is 0 Å². The van der Waals surface area contributed by atoms with E-state index in [-0.39, 0.29) is 12.8 Å². The summed E-state index contributed by atoms with van der Waals surface area (Å²) in [6.45, 7) is 22.7. The molecular formula is C46H96N2O4. The second-order valence-electron chi connectivity index (χ2n) is 15.5. The Morgan fingerprint density at radius 3 is 1.00 bits per heavy atom. The summed E-state index contributed by atoms with van der Waals surface area (Å²) in [5.74, 6) is -1.65. The van der Waals surface area contributed by atoms with E-state index in [2.05, 4.69) is 46.4 Å². The average Bonchev–Trinajstić information content (AvgIpc) is 3.15. The fraction of sp³-hybridized carbons (Fsp3) is 0.957. The molecule has 0 heterocycles. The third-order valence-electron chi connectivity index (χ3n) is 11.1. The van der Waals surface area contributed by atoms with Gasteiger partial charge in [-0.15, -0.1) is 0 Å². The SMILES string of the molecule is CCC(=O)O.CCCCCCCCCCCCCCCCN(CC)CC.CCCCCCCCCCCCCCCC[N+](CC)(CC)CCC(=O)[O-]. The van der Waals surface area contributed by atoms with E-state index in [9.17, 15) is 14.7 Å². The normalized spacial score (nSPS) is 11.2. The number of hydrogen-bond donors (Lipinski definition) is 1. The van der Waals surface area contributed by atoms with Crippen LogP contribution in [0.1, 0.15) is 241 Å². The highest BCUT2D eigenvalue weighted by Crippen LogP contribution is 2.16. The molecule has 0 aliphatic heterocycles. The third-order valence-corrected chi connectivity index (χ3v) is 11.1. The van der Waals surface area contributed by atoms with Gasteiger partial charge in [-0.05, 0) is 52.7 Å². The quantitative estimate of drug-likeness (QED) is 0.0503. The molecule has 0 aromatic rings. The molecule has 52 heavy (non-hydrogen) atoms. The average molecular weight is 741 g/mol. The number of nitrogens with zero attached hydrogens (tertiary/aromatic N) is 2. The molecule has 0 aliphatic rings. The van der Waals surface area contributed by atoms with Gasteiger partial charge in [0.1, 0.15) is 0 Å². The molecule has 0 rings (SSSR count). The van der Waals surface area contributed by atoms with Crippen molar-refractivity contribution in [3.63, 3.8) is 0 Å². The molecule has 0 saturated carbocycles. The van der Waals surface area contributed by atoms with Crippen molar-refractivity contribution in [1.29, 1.82) is 0 Å². The first-order valence-corrected chi connectivity index (χ1v) is 23.2. The summed E-state index contributed by atoms with van der Waals surface area (Å²) in [6.07, 6.45) is 40.2. The molecular weight excluding hydrogens is 645 g/mol. The van der Waals surface area contributed by atoms with Crippen molar-refractivity contribution < 1.29 is 24.3 Å². The summed E-state index contributed by atoms with van der Waals surface area (Å²) in [4.78, 5) is 22.7. The Balaban J connectivity index is -0.000000829. The van der Waals surface area contributed by atoms with Crippen molar-refractivity contribution >= 4 is 11.9 Å². The number of aliphatic carboxylic acids is 2. The van der Waals surface area contributed by atoms with Crippen LogP contribution in [0, 0.1) is 0 Å². The smallest absolute Gasteiger partial charge is 0.303 e. The van der Waals surface area contributed by atoms with Gasteiger partial charge in [-0.2, -0.15) is 0 Å². The number of carboxylic acids is 2. The molecule has 0 saturated heterocycles. The predicted octanol–water partition coefficient (Wildman–Crippen LogP) is 12.8. The topological polar surface area (TPSA) is 80.7 Å². The van der Waals surface area contributed by atoms with Crippen molar-refractivity contribution in [2.75, 3.05) is 45.8 Å².